The van der Waals surface area contributed by atoms with Crippen molar-refractivity contribution >= 4 is 17.5 Å². The van der Waals surface area contributed by atoms with E-state index in [4.69, 9.17) is 4.74 Å². The fourth-order valence-electron chi connectivity index (χ4n) is 3.78. The number of benzene rings is 2. The number of halogens is 1. The summed E-state index contributed by atoms with van der Waals surface area (Å²) in [5.41, 5.74) is 1.89. The molecule has 1 atom stereocenters. The van der Waals surface area contributed by atoms with Gasteiger partial charge in [0.2, 0.25) is 11.8 Å². The second kappa shape index (κ2) is 9.64. The zero-order chi connectivity index (χ0) is 22.5. The standard InChI is InChI=1S/C24H26FN5O2/c1-17(18-8-4-3-5-9-18)27-22(31)19-16-26-24(28-23(19)32-2)30-14-12-29(13-15-30)21-11-7-6-10-20(21)25/h3-11,16-17H,12-15H2,1-2H3,(H,27,31). The van der Waals surface area contributed by atoms with E-state index in [-0.39, 0.29) is 29.2 Å². The highest BCUT2D eigenvalue weighted by Crippen LogP contribution is 2.24. The fraction of sp³-hybridized carbons (Fsp3) is 0.292. The van der Waals surface area contributed by atoms with Crippen LogP contribution in [0.3, 0.4) is 0 Å². The molecule has 32 heavy (non-hydrogen) atoms. The van der Waals surface area contributed by atoms with E-state index in [2.05, 4.69) is 15.3 Å². The molecule has 0 aliphatic carbocycles. The molecule has 166 valence electrons. The Bertz CT molecular complexity index is 1070. The average molecular weight is 436 g/mol. The Labute approximate surface area is 186 Å². The molecule has 0 saturated carbocycles. The number of para-hydroxylation sites is 1. The van der Waals surface area contributed by atoms with Crippen molar-refractivity contribution in [1.29, 1.82) is 0 Å². The summed E-state index contributed by atoms with van der Waals surface area (Å²) in [6, 6.07) is 16.3. The molecule has 1 saturated heterocycles. The minimum atomic E-state index is -0.297. The molecule has 0 radical (unpaired) electrons. The maximum absolute atomic E-state index is 14.1. The van der Waals surface area contributed by atoms with Crippen molar-refractivity contribution in [3.8, 4) is 5.88 Å². The van der Waals surface area contributed by atoms with Gasteiger partial charge < -0.3 is 19.9 Å². The number of nitrogens with zero attached hydrogens (tertiary/aromatic N) is 4. The number of ether oxygens (including phenoxy) is 1. The zero-order valence-electron chi connectivity index (χ0n) is 18.2. The maximum atomic E-state index is 14.1. The number of carbonyl (C=O) groups is 1. The van der Waals surface area contributed by atoms with Gasteiger partial charge in [-0.1, -0.05) is 42.5 Å². The molecule has 1 aliphatic rings. The normalized spacial score (nSPS) is 14.7. The molecule has 8 heteroatoms. The van der Waals surface area contributed by atoms with E-state index in [1.54, 1.807) is 12.1 Å². The Hall–Kier alpha value is -3.68. The first-order chi connectivity index (χ1) is 15.6. The molecule has 2 aromatic carbocycles. The van der Waals surface area contributed by atoms with Gasteiger partial charge in [-0.2, -0.15) is 4.98 Å². The number of nitrogens with one attached hydrogen (secondary N) is 1. The molecule has 2 heterocycles. The van der Waals surface area contributed by atoms with Crippen molar-refractivity contribution < 1.29 is 13.9 Å². The van der Waals surface area contributed by atoms with Crippen LogP contribution in [-0.4, -0.2) is 49.2 Å². The summed E-state index contributed by atoms with van der Waals surface area (Å²) in [5.74, 6) is 0.195. The number of piperazine rings is 1. The third kappa shape index (κ3) is 4.64. The molecule has 1 aliphatic heterocycles. The number of methoxy groups -OCH3 is 1. The second-order valence-electron chi connectivity index (χ2n) is 7.62. The highest BCUT2D eigenvalue weighted by atomic mass is 19.1. The predicted octanol–water partition coefficient (Wildman–Crippen LogP) is 3.44. The molecule has 0 bridgehead atoms. The van der Waals surface area contributed by atoms with Crippen LogP contribution >= 0.6 is 0 Å². The quantitative estimate of drug-likeness (QED) is 0.640. The van der Waals surface area contributed by atoms with Gasteiger partial charge in [0.05, 0.1) is 18.8 Å². The summed E-state index contributed by atoms with van der Waals surface area (Å²) in [4.78, 5) is 25.7. The highest BCUT2D eigenvalue weighted by Gasteiger charge is 2.24. The number of rotatable bonds is 6. The SMILES string of the molecule is COc1nc(N2CCN(c3ccccc3F)CC2)ncc1C(=O)NC(C)c1ccccc1. The minimum absolute atomic E-state index is 0.167. The molecule has 3 aromatic rings. The topological polar surface area (TPSA) is 70.6 Å². The number of anilines is 2. The van der Waals surface area contributed by atoms with Crippen LogP contribution in [0.2, 0.25) is 0 Å². The summed E-state index contributed by atoms with van der Waals surface area (Å²) in [5, 5.41) is 2.96. The summed E-state index contributed by atoms with van der Waals surface area (Å²) in [6.45, 7) is 4.47. The first kappa shape index (κ1) is 21.5. The molecular formula is C24H26FN5O2. The Balaban J connectivity index is 1.43. The van der Waals surface area contributed by atoms with E-state index in [9.17, 15) is 9.18 Å². The molecule has 1 amide bonds. The van der Waals surface area contributed by atoms with Crippen LogP contribution in [0.15, 0.2) is 60.8 Å². The van der Waals surface area contributed by atoms with Crippen LogP contribution in [0, 0.1) is 5.82 Å². The van der Waals surface area contributed by atoms with Crippen molar-refractivity contribution in [2.24, 2.45) is 0 Å². The van der Waals surface area contributed by atoms with Crippen molar-refractivity contribution in [3.63, 3.8) is 0 Å². The molecule has 1 unspecified atom stereocenters. The van der Waals surface area contributed by atoms with Gasteiger partial charge in [0, 0.05) is 32.4 Å². The fourth-order valence-corrected chi connectivity index (χ4v) is 3.78. The molecule has 4 rings (SSSR count). The largest absolute Gasteiger partial charge is 0.480 e. The average Bonchev–Trinajstić information content (AvgIpc) is 2.84. The van der Waals surface area contributed by atoms with E-state index in [1.807, 2.05) is 53.1 Å². The van der Waals surface area contributed by atoms with Crippen LogP contribution in [0.25, 0.3) is 0 Å². The van der Waals surface area contributed by atoms with Gasteiger partial charge in [0.15, 0.2) is 0 Å². The highest BCUT2D eigenvalue weighted by molar-refractivity contribution is 5.96. The zero-order valence-corrected chi connectivity index (χ0v) is 18.2. The summed E-state index contributed by atoms with van der Waals surface area (Å²) < 4.78 is 19.5. The predicted molar refractivity (Wildman–Crippen MR) is 122 cm³/mol. The van der Waals surface area contributed by atoms with Gasteiger partial charge in [-0.15, -0.1) is 0 Å². The first-order valence-corrected chi connectivity index (χ1v) is 10.6. The molecule has 7 nitrogen and oxygen atoms in total. The molecular weight excluding hydrogens is 409 g/mol. The Kier molecular flexibility index (Phi) is 6.49. The first-order valence-electron chi connectivity index (χ1n) is 10.6. The molecule has 0 spiro atoms. The van der Waals surface area contributed by atoms with Crippen molar-refractivity contribution in [2.75, 3.05) is 43.1 Å². The van der Waals surface area contributed by atoms with E-state index in [1.165, 1.54) is 19.4 Å². The maximum Gasteiger partial charge on any atom is 0.258 e. The Morgan fingerprint density at radius 3 is 2.38 bits per heavy atom. The summed E-state index contributed by atoms with van der Waals surface area (Å²) in [6.07, 6.45) is 1.50. The lowest BCUT2D eigenvalue weighted by atomic mass is 10.1. The van der Waals surface area contributed by atoms with E-state index < -0.39 is 0 Å². The lowest BCUT2D eigenvalue weighted by Gasteiger charge is -2.36. The van der Waals surface area contributed by atoms with Crippen molar-refractivity contribution in [2.45, 2.75) is 13.0 Å². The summed E-state index contributed by atoms with van der Waals surface area (Å²) >= 11 is 0. The van der Waals surface area contributed by atoms with Crippen LogP contribution in [-0.2, 0) is 0 Å². The van der Waals surface area contributed by atoms with Gasteiger partial charge >= 0.3 is 0 Å². The second-order valence-corrected chi connectivity index (χ2v) is 7.62. The van der Waals surface area contributed by atoms with Crippen molar-refractivity contribution in [1.82, 2.24) is 15.3 Å². The van der Waals surface area contributed by atoms with E-state index in [0.29, 0.717) is 37.8 Å². The molecule has 1 N–H and O–H groups in total. The third-order valence-electron chi connectivity index (χ3n) is 5.58. The number of aromatic nitrogens is 2. The van der Waals surface area contributed by atoms with E-state index in [0.717, 1.165) is 5.56 Å². The Morgan fingerprint density at radius 1 is 1.03 bits per heavy atom. The van der Waals surface area contributed by atoms with Gasteiger partial charge in [0.25, 0.3) is 5.91 Å². The lowest BCUT2D eigenvalue weighted by molar-refractivity contribution is 0.0935. The van der Waals surface area contributed by atoms with Crippen LogP contribution in [0.5, 0.6) is 5.88 Å². The number of amides is 1. The monoisotopic (exact) mass is 435 g/mol. The lowest BCUT2D eigenvalue weighted by Crippen LogP contribution is -2.47. The Morgan fingerprint density at radius 2 is 1.69 bits per heavy atom. The minimum Gasteiger partial charge on any atom is -0.480 e. The van der Waals surface area contributed by atoms with Gasteiger partial charge in [-0.05, 0) is 24.6 Å². The number of hydrogen-bond donors (Lipinski definition) is 1. The third-order valence-corrected chi connectivity index (χ3v) is 5.58. The van der Waals surface area contributed by atoms with E-state index >= 15 is 0 Å². The number of carbonyl (C=O) groups excluding carboxylic acids is 1. The molecule has 1 fully saturated rings. The van der Waals surface area contributed by atoms with Crippen LogP contribution < -0.4 is 19.9 Å². The van der Waals surface area contributed by atoms with Crippen LogP contribution in [0.4, 0.5) is 16.0 Å². The summed E-state index contributed by atoms with van der Waals surface area (Å²) in [7, 11) is 1.49. The van der Waals surface area contributed by atoms with Crippen molar-refractivity contribution in [3.05, 3.63) is 77.7 Å². The van der Waals surface area contributed by atoms with Gasteiger partial charge in [0.1, 0.15) is 11.4 Å². The van der Waals surface area contributed by atoms with Gasteiger partial charge in [-0.3, -0.25) is 4.79 Å². The van der Waals surface area contributed by atoms with Gasteiger partial charge in [-0.25, -0.2) is 9.37 Å². The number of hydrogen-bond acceptors (Lipinski definition) is 6. The van der Waals surface area contributed by atoms with Crippen LogP contribution in [0.1, 0.15) is 28.9 Å². The molecule has 1 aromatic heterocycles. The smallest absolute Gasteiger partial charge is 0.258 e.